The van der Waals surface area contributed by atoms with Gasteiger partial charge in [-0.15, -0.1) is 0 Å². The van der Waals surface area contributed by atoms with E-state index in [0.717, 1.165) is 11.1 Å². The van der Waals surface area contributed by atoms with E-state index in [9.17, 15) is 13.5 Å². The molecule has 1 N–H and O–H groups in total. The normalized spacial score (nSPS) is 17.9. The standard InChI is InChI=1S/C22H19NO3S/c1-16-11-13-18(14-12-16)27(25,26)23-20-10-6-5-9-19(20)22(24)21(23)15-17-7-3-2-4-8-17/h2-15,22,24H,1H3/b21-15+. The summed E-state index contributed by atoms with van der Waals surface area (Å²) in [7, 11) is -3.87. The van der Waals surface area contributed by atoms with E-state index in [0.29, 0.717) is 16.9 Å². The number of benzene rings is 3. The molecule has 0 amide bonds. The van der Waals surface area contributed by atoms with Gasteiger partial charge in [0.2, 0.25) is 0 Å². The quantitative estimate of drug-likeness (QED) is 0.741. The predicted molar refractivity (Wildman–Crippen MR) is 107 cm³/mol. The largest absolute Gasteiger partial charge is 0.382 e. The number of anilines is 1. The summed E-state index contributed by atoms with van der Waals surface area (Å²) in [5.74, 6) is 0. The van der Waals surface area contributed by atoms with E-state index in [1.807, 2.05) is 37.3 Å². The Kier molecular flexibility index (Phi) is 4.34. The fraction of sp³-hybridized carbons (Fsp3) is 0.0909. The first-order valence-corrected chi connectivity index (χ1v) is 10.1. The maximum atomic E-state index is 13.4. The maximum absolute atomic E-state index is 13.4. The van der Waals surface area contributed by atoms with Crippen molar-refractivity contribution in [3.05, 3.63) is 101 Å². The molecular formula is C22H19NO3S. The van der Waals surface area contributed by atoms with Crippen molar-refractivity contribution < 1.29 is 13.5 Å². The molecule has 3 aromatic carbocycles. The smallest absolute Gasteiger partial charge is 0.268 e. The number of sulfonamides is 1. The number of rotatable bonds is 3. The highest BCUT2D eigenvalue weighted by Gasteiger charge is 2.40. The SMILES string of the molecule is Cc1ccc(S(=O)(=O)N2/C(=C/c3ccccc3)C(O)c3ccccc32)cc1. The van der Waals surface area contributed by atoms with E-state index < -0.39 is 16.1 Å². The number of para-hydroxylation sites is 1. The molecule has 136 valence electrons. The van der Waals surface area contributed by atoms with Crippen molar-refractivity contribution in [1.29, 1.82) is 0 Å². The van der Waals surface area contributed by atoms with E-state index in [2.05, 4.69) is 0 Å². The van der Waals surface area contributed by atoms with Gasteiger partial charge in [0.25, 0.3) is 10.0 Å². The lowest BCUT2D eigenvalue weighted by atomic mass is 10.1. The maximum Gasteiger partial charge on any atom is 0.268 e. The summed E-state index contributed by atoms with van der Waals surface area (Å²) in [6.07, 6.45) is 0.706. The van der Waals surface area contributed by atoms with Crippen molar-refractivity contribution >= 4 is 21.8 Å². The molecule has 0 saturated carbocycles. The van der Waals surface area contributed by atoms with Crippen LogP contribution in [0.25, 0.3) is 6.08 Å². The molecule has 1 aliphatic rings. The molecule has 1 unspecified atom stereocenters. The van der Waals surface area contributed by atoms with Crippen LogP contribution in [0, 0.1) is 6.92 Å². The second-order valence-electron chi connectivity index (χ2n) is 6.52. The minimum Gasteiger partial charge on any atom is -0.382 e. The van der Waals surface area contributed by atoms with Crippen molar-refractivity contribution in [2.45, 2.75) is 17.9 Å². The highest BCUT2D eigenvalue weighted by molar-refractivity contribution is 7.93. The van der Waals surface area contributed by atoms with Gasteiger partial charge in [-0.25, -0.2) is 12.7 Å². The second-order valence-corrected chi connectivity index (χ2v) is 8.31. The van der Waals surface area contributed by atoms with Crippen molar-refractivity contribution in [2.24, 2.45) is 0 Å². The van der Waals surface area contributed by atoms with E-state index in [1.54, 1.807) is 54.6 Å². The Balaban J connectivity index is 1.91. The van der Waals surface area contributed by atoms with Gasteiger partial charge in [-0.05, 0) is 36.8 Å². The van der Waals surface area contributed by atoms with Crippen LogP contribution in [0.5, 0.6) is 0 Å². The summed E-state index contributed by atoms with van der Waals surface area (Å²) in [5.41, 5.74) is 3.19. The zero-order chi connectivity index (χ0) is 19.0. The number of aryl methyl sites for hydroxylation is 1. The number of hydrogen-bond donors (Lipinski definition) is 1. The lowest BCUT2D eigenvalue weighted by molar-refractivity contribution is 0.223. The average Bonchev–Trinajstić information content (AvgIpc) is 2.96. The molecular weight excluding hydrogens is 358 g/mol. The van der Waals surface area contributed by atoms with E-state index in [4.69, 9.17) is 0 Å². The molecule has 0 spiro atoms. The fourth-order valence-corrected chi connectivity index (χ4v) is 4.80. The first-order valence-electron chi connectivity index (χ1n) is 8.64. The van der Waals surface area contributed by atoms with Gasteiger partial charge in [-0.1, -0.05) is 66.2 Å². The van der Waals surface area contributed by atoms with E-state index >= 15 is 0 Å². The molecule has 1 atom stereocenters. The molecule has 0 bridgehead atoms. The molecule has 1 aliphatic heterocycles. The monoisotopic (exact) mass is 377 g/mol. The lowest BCUT2D eigenvalue weighted by Gasteiger charge is -2.22. The van der Waals surface area contributed by atoms with Crippen LogP contribution in [0.3, 0.4) is 0 Å². The van der Waals surface area contributed by atoms with Crippen molar-refractivity contribution in [3.63, 3.8) is 0 Å². The number of fused-ring (bicyclic) bond motifs is 1. The van der Waals surface area contributed by atoms with Gasteiger partial charge in [-0.2, -0.15) is 0 Å². The Labute approximate surface area is 159 Å². The zero-order valence-corrected chi connectivity index (χ0v) is 15.6. The first-order chi connectivity index (χ1) is 13.0. The molecule has 0 aromatic heterocycles. The van der Waals surface area contributed by atoms with Gasteiger partial charge in [0.15, 0.2) is 0 Å². The fourth-order valence-electron chi connectivity index (χ4n) is 3.25. The van der Waals surface area contributed by atoms with Crippen LogP contribution < -0.4 is 4.31 Å². The molecule has 5 heteroatoms. The second kappa shape index (κ2) is 6.68. The van der Waals surface area contributed by atoms with Crippen LogP contribution in [-0.2, 0) is 10.0 Å². The Morgan fingerprint density at radius 1 is 0.889 bits per heavy atom. The van der Waals surface area contributed by atoms with Gasteiger partial charge in [0, 0.05) is 5.56 Å². The predicted octanol–water partition coefficient (Wildman–Crippen LogP) is 4.28. The average molecular weight is 377 g/mol. The Hall–Kier alpha value is -2.89. The minimum absolute atomic E-state index is 0.191. The van der Waals surface area contributed by atoms with Crippen molar-refractivity contribution in [2.75, 3.05) is 4.31 Å². The highest BCUT2D eigenvalue weighted by atomic mass is 32.2. The van der Waals surface area contributed by atoms with Crippen LogP contribution in [0.4, 0.5) is 5.69 Å². The topological polar surface area (TPSA) is 57.6 Å². The molecule has 3 aromatic rings. The van der Waals surface area contributed by atoms with Gasteiger partial charge >= 0.3 is 0 Å². The lowest BCUT2D eigenvalue weighted by Crippen LogP contribution is -2.28. The van der Waals surface area contributed by atoms with Gasteiger partial charge in [0.1, 0.15) is 6.10 Å². The Morgan fingerprint density at radius 2 is 1.52 bits per heavy atom. The van der Waals surface area contributed by atoms with Crippen LogP contribution in [-0.4, -0.2) is 13.5 Å². The molecule has 1 heterocycles. The van der Waals surface area contributed by atoms with Crippen LogP contribution in [0.1, 0.15) is 22.8 Å². The molecule has 4 nitrogen and oxygen atoms in total. The number of aliphatic hydroxyl groups excluding tert-OH is 1. The van der Waals surface area contributed by atoms with Gasteiger partial charge in [0.05, 0.1) is 16.3 Å². The third kappa shape index (κ3) is 3.05. The van der Waals surface area contributed by atoms with Crippen LogP contribution >= 0.6 is 0 Å². The summed E-state index contributed by atoms with van der Waals surface area (Å²) in [6, 6.07) is 23.2. The van der Waals surface area contributed by atoms with Gasteiger partial charge < -0.3 is 5.11 Å². The third-order valence-corrected chi connectivity index (χ3v) is 6.39. The van der Waals surface area contributed by atoms with Crippen LogP contribution in [0.2, 0.25) is 0 Å². The Bertz CT molecular complexity index is 1100. The Morgan fingerprint density at radius 3 is 2.22 bits per heavy atom. The highest BCUT2D eigenvalue weighted by Crippen LogP contribution is 2.45. The molecule has 4 rings (SSSR count). The first kappa shape index (κ1) is 17.5. The number of aliphatic hydroxyl groups is 1. The van der Waals surface area contributed by atoms with Crippen molar-refractivity contribution in [1.82, 2.24) is 0 Å². The van der Waals surface area contributed by atoms with E-state index in [1.165, 1.54) is 4.31 Å². The summed E-state index contributed by atoms with van der Waals surface area (Å²) in [6.45, 7) is 1.91. The van der Waals surface area contributed by atoms with Crippen LogP contribution in [0.15, 0.2) is 89.5 Å². The van der Waals surface area contributed by atoms with Gasteiger partial charge in [-0.3, -0.25) is 0 Å². The number of hydrogen-bond acceptors (Lipinski definition) is 3. The molecule has 0 saturated heterocycles. The minimum atomic E-state index is -3.87. The molecule has 27 heavy (non-hydrogen) atoms. The van der Waals surface area contributed by atoms with E-state index in [-0.39, 0.29) is 4.90 Å². The van der Waals surface area contributed by atoms with Crippen molar-refractivity contribution in [3.8, 4) is 0 Å². The zero-order valence-electron chi connectivity index (χ0n) is 14.8. The third-order valence-electron chi connectivity index (χ3n) is 4.64. The summed E-state index contributed by atoms with van der Waals surface area (Å²) in [4.78, 5) is 0.191. The summed E-state index contributed by atoms with van der Waals surface area (Å²) in [5, 5.41) is 10.9. The molecule has 0 fully saturated rings. The molecule has 0 radical (unpaired) electrons. The summed E-state index contributed by atoms with van der Waals surface area (Å²) < 4.78 is 28.1. The number of nitrogens with zero attached hydrogens (tertiary/aromatic N) is 1. The molecule has 0 aliphatic carbocycles. The summed E-state index contributed by atoms with van der Waals surface area (Å²) >= 11 is 0.